The van der Waals surface area contributed by atoms with Crippen LogP contribution in [0.25, 0.3) is 0 Å². The number of primary amides is 2. The van der Waals surface area contributed by atoms with Gasteiger partial charge >= 0.3 is 5.97 Å². The molecular formula is C15H26N6O8. The molecule has 14 heteroatoms. The van der Waals surface area contributed by atoms with Crippen molar-refractivity contribution in [2.24, 2.45) is 17.2 Å². The molecule has 0 bridgehead atoms. The first-order chi connectivity index (χ1) is 13.4. The molecule has 0 radical (unpaired) electrons. The monoisotopic (exact) mass is 418 g/mol. The lowest BCUT2D eigenvalue weighted by atomic mass is 10.1. The first-order valence-corrected chi connectivity index (χ1v) is 8.46. The van der Waals surface area contributed by atoms with Crippen molar-refractivity contribution < 1.29 is 39.0 Å². The van der Waals surface area contributed by atoms with Gasteiger partial charge in [-0.25, -0.2) is 4.79 Å². The summed E-state index contributed by atoms with van der Waals surface area (Å²) < 4.78 is 0. The van der Waals surface area contributed by atoms with Gasteiger partial charge in [0.1, 0.15) is 18.1 Å². The van der Waals surface area contributed by atoms with Gasteiger partial charge in [-0.2, -0.15) is 0 Å². The van der Waals surface area contributed by atoms with E-state index >= 15 is 0 Å². The molecular weight excluding hydrogens is 392 g/mol. The number of carboxylic acid groups (broad SMARTS) is 1. The molecule has 0 saturated carbocycles. The van der Waals surface area contributed by atoms with Crippen LogP contribution in [-0.2, 0) is 28.8 Å². The maximum atomic E-state index is 12.4. The molecule has 0 aliphatic heterocycles. The molecule has 29 heavy (non-hydrogen) atoms. The highest BCUT2D eigenvalue weighted by Gasteiger charge is 2.30. The van der Waals surface area contributed by atoms with Gasteiger partial charge in [0.15, 0.2) is 0 Å². The van der Waals surface area contributed by atoms with Crippen molar-refractivity contribution in [3.05, 3.63) is 0 Å². The summed E-state index contributed by atoms with van der Waals surface area (Å²) in [6.07, 6.45) is -1.26. The summed E-state index contributed by atoms with van der Waals surface area (Å²) >= 11 is 0. The van der Waals surface area contributed by atoms with Gasteiger partial charge in [0.25, 0.3) is 0 Å². The lowest BCUT2D eigenvalue weighted by Gasteiger charge is -2.24. The van der Waals surface area contributed by atoms with Crippen molar-refractivity contribution in [3.63, 3.8) is 0 Å². The SMILES string of the molecule is C[C@H](N)C(=O)N[C@@H](CC(N)=O)C(=O)N[C@@H](CCC(N)=O)C(=O)N[C@@H](CO)C(=O)O. The van der Waals surface area contributed by atoms with Gasteiger partial charge in [-0.1, -0.05) is 0 Å². The Morgan fingerprint density at radius 2 is 1.31 bits per heavy atom. The molecule has 164 valence electrons. The minimum atomic E-state index is -1.66. The number of carbonyl (C=O) groups is 6. The highest BCUT2D eigenvalue weighted by molar-refractivity contribution is 5.96. The summed E-state index contributed by atoms with van der Waals surface area (Å²) in [6.45, 7) is 0.408. The van der Waals surface area contributed by atoms with E-state index in [1.807, 2.05) is 5.32 Å². The number of hydrogen-bond donors (Lipinski definition) is 8. The quantitative estimate of drug-likeness (QED) is 0.142. The van der Waals surface area contributed by atoms with Gasteiger partial charge in [-0.15, -0.1) is 0 Å². The number of carboxylic acids is 1. The first kappa shape index (κ1) is 25.7. The topological polar surface area (TPSA) is 257 Å². The third-order valence-electron chi connectivity index (χ3n) is 3.56. The molecule has 0 fully saturated rings. The average Bonchev–Trinajstić information content (AvgIpc) is 2.60. The van der Waals surface area contributed by atoms with Crippen molar-refractivity contribution in [1.29, 1.82) is 0 Å². The molecule has 0 spiro atoms. The second-order valence-corrected chi connectivity index (χ2v) is 6.17. The first-order valence-electron chi connectivity index (χ1n) is 8.46. The van der Waals surface area contributed by atoms with Crippen LogP contribution >= 0.6 is 0 Å². The molecule has 0 aromatic heterocycles. The van der Waals surface area contributed by atoms with Crippen molar-refractivity contribution in [1.82, 2.24) is 16.0 Å². The van der Waals surface area contributed by atoms with Gasteiger partial charge in [-0.3, -0.25) is 24.0 Å². The molecule has 5 amide bonds. The van der Waals surface area contributed by atoms with Crippen LogP contribution in [0, 0.1) is 0 Å². The Balaban J connectivity index is 5.42. The molecule has 14 nitrogen and oxygen atoms in total. The predicted octanol–water partition coefficient (Wildman–Crippen LogP) is -4.99. The number of hydrogen-bond acceptors (Lipinski definition) is 8. The number of aliphatic carboxylic acids is 1. The van der Waals surface area contributed by atoms with Gasteiger partial charge in [0.2, 0.25) is 29.5 Å². The zero-order valence-corrected chi connectivity index (χ0v) is 15.7. The van der Waals surface area contributed by atoms with Crippen LogP contribution in [0.5, 0.6) is 0 Å². The maximum Gasteiger partial charge on any atom is 0.328 e. The fraction of sp³-hybridized carbons (Fsp3) is 0.600. The minimum absolute atomic E-state index is 0.310. The van der Waals surface area contributed by atoms with Crippen molar-refractivity contribution in [2.45, 2.75) is 50.4 Å². The van der Waals surface area contributed by atoms with Crippen LogP contribution in [0.1, 0.15) is 26.2 Å². The number of nitrogens with one attached hydrogen (secondary N) is 3. The number of rotatable bonds is 13. The smallest absolute Gasteiger partial charge is 0.328 e. The summed E-state index contributed by atoms with van der Waals surface area (Å²) in [7, 11) is 0. The van der Waals surface area contributed by atoms with E-state index in [-0.39, 0.29) is 12.8 Å². The Bertz CT molecular complexity index is 653. The lowest BCUT2D eigenvalue weighted by molar-refractivity contribution is -0.143. The Morgan fingerprint density at radius 1 is 0.828 bits per heavy atom. The molecule has 0 aliphatic rings. The highest BCUT2D eigenvalue weighted by atomic mass is 16.4. The molecule has 4 atom stereocenters. The molecule has 0 aromatic carbocycles. The van der Waals surface area contributed by atoms with E-state index in [1.54, 1.807) is 0 Å². The standard InChI is InChI=1S/C15H26N6O8/c1-6(16)12(25)20-8(4-11(18)24)14(27)19-7(2-3-10(17)23)13(26)21-9(5-22)15(28)29/h6-9,22H,2-5,16H2,1H3,(H2,17,23)(H2,18,24)(H,19,27)(H,20,25)(H,21,26)(H,28,29)/t6-,7-,8-,9-/m0/s1. The summed E-state index contributed by atoms with van der Waals surface area (Å²) in [5.41, 5.74) is 15.5. The second-order valence-electron chi connectivity index (χ2n) is 6.17. The normalized spacial score (nSPS) is 14.6. The Morgan fingerprint density at radius 3 is 1.72 bits per heavy atom. The van der Waals surface area contributed by atoms with Gasteiger partial charge in [0.05, 0.1) is 19.1 Å². The van der Waals surface area contributed by atoms with E-state index in [1.165, 1.54) is 6.92 Å². The van der Waals surface area contributed by atoms with Gasteiger partial charge in [-0.05, 0) is 13.3 Å². The summed E-state index contributed by atoms with van der Waals surface area (Å²) in [4.78, 5) is 69.6. The molecule has 0 heterocycles. The van der Waals surface area contributed by atoms with Crippen LogP contribution in [0.2, 0.25) is 0 Å². The lowest BCUT2D eigenvalue weighted by Crippen LogP contribution is -2.58. The number of aliphatic hydroxyl groups is 1. The van der Waals surface area contributed by atoms with Crippen LogP contribution in [-0.4, -0.2) is 76.5 Å². The zero-order chi connectivity index (χ0) is 22.7. The van der Waals surface area contributed by atoms with Crippen molar-refractivity contribution in [2.75, 3.05) is 6.61 Å². The van der Waals surface area contributed by atoms with Crippen molar-refractivity contribution in [3.8, 4) is 0 Å². The van der Waals surface area contributed by atoms with Gasteiger partial charge in [0, 0.05) is 6.42 Å². The van der Waals surface area contributed by atoms with E-state index in [4.69, 9.17) is 27.4 Å². The average molecular weight is 418 g/mol. The van der Waals surface area contributed by atoms with Crippen LogP contribution < -0.4 is 33.2 Å². The number of aliphatic hydroxyl groups excluding tert-OH is 1. The molecule has 11 N–H and O–H groups in total. The predicted molar refractivity (Wildman–Crippen MR) is 96.4 cm³/mol. The Hall–Kier alpha value is -3.26. The number of carbonyl (C=O) groups excluding carboxylic acids is 5. The van der Waals surface area contributed by atoms with Crippen molar-refractivity contribution >= 4 is 35.5 Å². The third kappa shape index (κ3) is 10.0. The minimum Gasteiger partial charge on any atom is -0.480 e. The summed E-state index contributed by atoms with van der Waals surface area (Å²) in [5, 5.41) is 24.3. The molecule has 0 rings (SSSR count). The molecule has 0 saturated heterocycles. The Kier molecular flexibility index (Phi) is 10.9. The van der Waals surface area contributed by atoms with Crippen LogP contribution in [0.3, 0.4) is 0 Å². The summed E-state index contributed by atoms with van der Waals surface area (Å²) in [5.74, 6) is -6.06. The number of nitrogens with two attached hydrogens (primary N) is 3. The van der Waals surface area contributed by atoms with Crippen LogP contribution in [0.4, 0.5) is 0 Å². The number of amides is 5. The van der Waals surface area contributed by atoms with E-state index < -0.39 is 72.7 Å². The molecule has 0 aliphatic carbocycles. The maximum absolute atomic E-state index is 12.4. The van der Waals surface area contributed by atoms with Gasteiger partial charge < -0.3 is 43.4 Å². The molecule has 0 unspecified atom stereocenters. The fourth-order valence-corrected chi connectivity index (χ4v) is 2.00. The largest absolute Gasteiger partial charge is 0.480 e. The van der Waals surface area contributed by atoms with E-state index in [9.17, 15) is 28.8 Å². The van der Waals surface area contributed by atoms with E-state index in [0.29, 0.717) is 0 Å². The fourth-order valence-electron chi connectivity index (χ4n) is 2.00. The van der Waals surface area contributed by atoms with E-state index in [2.05, 4.69) is 10.6 Å². The summed E-state index contributed by atoms with van der Waals surface area (Å²) in [6, 6.07) is -5.59. The zero-order valence-electron chi connectivity index (χ0n) is 15.7. The Labute approximate surface area is 165 Å². The van der Waals surface area contributed by atoms with E-state index in [0.717, 1.165) is 0 Å². The highest BCUT2D eigenvalue weighted by Crippen LogP contribution is 2.02. The third-order valence-corrected chi connectivity index (χ3v) is 3.56. The second kappa shape index (κ2) is 12.2. The van der Waals surface area contributed by atoms with Crippen LogP contribution in [0.15, 0.2) is 0 Å². The molecule has 0 aromatic rings.